The van der Waals surface area contributed by atoms with Crippen LogP contribution in [0.2, 0.25) is 0 Å². The van der Waals surface area contributed by atoms with Gasteiger partial charge >= 0.3 is 6.03 Å². The fourth-order valence-corrected chi connectivity index (χ4v) is 3.82. The van der Waals surface area contributed by atoms with Crippen molar-refractivity contribution in [3.63, 3.8) is 0 Å². The molecule has 3 rings (SSSR count). The molecule has 2 fully saturated rings. The quantitative estimate of drug-likeness (QED) is 0.855. The number of urea groups is 1. The number of aromatic nitrogens is 1. The van der Waals surface area contributed by atoms with Crippen molar-refractivity contribution >= 4 is 17.8 Å². The topological polar surface area (TPSA) is 78.7 Å². The minimum absolute atomic E-state index is 0.154. The summed E-state index contributed by atoms with van der Waals surface area (Å²) in [5.41, 5.74) is -0.154. The van der Waals surface area contributed by atoms with Crippen LogP contribution in [0.1, 0.15) is 65.1 Å². The first-order valence-corrected chi connectivity index (χ1v) is 10.2. The Morgan fingerprint density at radius 2 is 1.70 bits per heavy atom. The summed E-state index contributed by atoms with van der Waals surface area (Å²) in [6.45, 7) is 8.63. The molecule has 1 aromatic heterocycles. The molecule has 2 heterocycles. The minimum Gasteiger partial charge on any atom is -0.359 e. The van der Waals surface area contributed by atoms with Crippen molar-refractivity contribution in [3.05, 3.63) is 11.8 Å². The Bertz CT molecular complexity index is 658. The fourth-order valence-electron chi connectivity index (χ4n) is 3.82. The third kappa shape index (κ3) is 5.02. The number of carbonyl (C=O) groups excluding carboxylic acids is 2. The van der Waals surface area contributed by atoms with Crippen LogP contribution in [0.5, 0.6) is 0 Å². The molecule has 2 aliphatic rings. The third-order valence-corrected chi connectivity index (χ3v) is 5.53. The molecule has 0 bridgehead atoms. The molecular formula is C20H32N4O3. The maximum atomic E-state index is 12.8. The molecule has 1 saturated heterocycles. The number of nitrogens with one attached hydrogen (secondary N) is 1. The van der Waals surface area contributed by atoms with E-state index in [4.69, 9.17) is 4.52 Å². The van der Waals surface area contributed by atoms with E-state index in [9.17, 15) is 9.59 Å². The predicted molar refractivity (Wildman–Crippen MR) is 104 cm³/mol. The van der Waals surface area contributed by atoms with E-state index >= 15 is 0 Å². The lowest BCUT2D eigenvalue weighted by molar-refractivity contribution is -0.136. The van der Waals surface area contributed by atoms with Crippen LogP contribution >= 0.6 is 0 Å². The van der Waals surface area contributed by atoms with Gasteiger partial charge in [0.15, 0.2) is 5.82 Å². The van der Waals surface area contributed by atoms with Crippen molar-refractivity contribution in [2.24, 2.45) is 5.92 Å². The van der Waals surface area contributed by atoms with Gasteiger partial charge in [-0.1, -0.05) is 45.2 Å². The molecule has 1 N–H and O–H groups in total. The number of amides is 3. The Hall–Kier alpha value is -2.05. The van der Waals surface area contributed by atoms with Crippen molar-refractivity contribution in [2.45, 2.75) is 64.7 Å². The van der Waals surface area contributed by atoms with Crippen LogP contribution in [0.3, 0.4) is 0 Å². The lowest BCUT2D eigenvalue weighted by Gasteiger charge is -2.28. The van der Waals surface area contributed by atoms with Crippen LogP contribution in [-0.4, -0.2) is 53.1 Å². The first-order chi connectivity index (χ1) is 12.8. The third-order valence-electron chi connectivity index (χ3n) is 5.53. The van der Waals surface area contributed by atoms with Gasteiger partial charge in [-0.05, 0) is 19.3 Å². The van der Waals surface area contributed by atoms with Crippen LogP contribution in [0.4, 0.5) is 10.6 Å². The number of hydrogen-bond acceptors (Lipinski definition) is 4. The van der Waals surface area contributed by atoms with Gasteiger partial charge in [0, 0.05) is 43.6 Å². The van der Waals surface area contributed by atoms with Gasteiger partial charge in [-0.3, -0.25) is 10.1 Å². The normalized spacial score (nSPS) is 19.7. The molecule has 1 saturated carbocycles. The summed E-state index contributed by atoms with van der Waals surface area (Å²) in [5.74, 6) is 1.63. The van der Waals surface area contributed by atoms with Crippen molar-refractivity contribution in [3.8, 4) is 0 Å². The summed E-state index contributed by atoms with van der Waals surface area (Å²) in [4.78, 5) is 29.1. The summed E-state index contributed by atoms with van der Waals surface area (Å²) in [6, 6.07) is 1.59. The van der Waals surface area contributed by atoms with E-state index in [1.807, 2.05) is 25.7 Å². The number of nitrogens with zero attached hydrogens (tertiary/aromatic N) is 3. The fraction of sp³-hybridized carbons (Fsp3) is 0.750. The van der Waals surface area contributed by atoms with Crippen molar-refractivity contribution in [1.82, 2.24) is 15.0 Å². The smallest absolute Gasteiger partial charge is 0.323 e. The van der Waals surface area contributed by atoms with Gasteiger partial charge in [0.1, 0.15) is 5.76 Å². The molecule has 7 nitrogen and oxygen atoms in total. The second-order valence-electron chi connectivity index (χ2n) is 8.76. The molecule has 1 aliphatic heterocycles. The van der Waals surface area contributed by atoms with Crippen molar-refractivity contribution < 1.29 is 14.1 Å². The lowest BCUT2D eigenvalue weighted by atomic mass is 9.88. The van der Waals surface area contributed by atoms with E-state index in [1.165, 1.54) is 6.42 Å². The number of anilines is 1. The van der Waals surface area contributed by atoms with Crippen LogP contribution in [-0.2, 0) is 10.2 Å². The largest absolute Gasteiger partial charge is 0.359 e. The zero-order valence-corrected chi connectivity index (χ0v) is 16.8. The molecule has 0 radical (unpaired) electrons. The van der Waals surface area contributed by atoms with Gasteiger partial charge in [0.25, 0.3) is 0 Å². The van der Waals surface area contributed by atoms with E-state index in [1.54, 1.807) is 11.0 Å². The number of carbonyl (C=O) groups is 2. The van der Waals surface area contributed by atoms with Crippen LogP contribution < -0.4 is 5.32 Å². The first kappa shape index (κ1) is 19.7. The Morgan fingerprint density at radius 1 is 1.04 bits per heavy atom. The van der Waals surface area contributed by atoms with Crippen LogP contribution in [0.25, 0.3) is 0 Å². The highest BCUT2D eigenvalue weighted by molar-refractivity contribution is 5.88. The Morgan fingerprint density at radius 3 is 2.37 bits per heavy atom. The first-order valence-electron chi connectivity index (χ1n) is 10.2. The van der Waals surface area contributed by atoms with Crippen LogP contribution in [0.15, 0.2) is 10.6 Å². The lowest BCUT2D eigenvalue weighted by Crippen LogP contribution is -2.41. The molecule has 0 spiro atoms. The van der Waals surface area contributed by atoms with Gasteiger partial charge in [0.2, 0.25) is 5.91 Å². The number of hydrogen-bond donors (Lipinski definition) is 1. The number of rotatable bonds is 2. The SMILES string of the molecule is CC(C)(C)c1cc(NC(=O)N2CCCN(C(=O)C3CCCCC3)CC2)no1. The average molecular weight is 377 g/mol. The van der Waals surface area contributed by atoms with Crippen LogP contribution in [0, 0.1) is 5.92 Å². The monoisotopic (exact) mass is 376 g/mol. The second kappa shape index (κ2) is 8.31. The summed E-state index contributed by atoms with van der Waals surface area (Å²) >= 11 is 0. The molecule has 3 amide bonds. The summed E-state index contributed by atoms with van der Waals surface area (Å²) in [5, 5.41) is 6.77. The zero-order valence-electron chi connectivity index (χ0n) is 16.8. The molecular weight excluding hydrogens is 344 g/mol. The zero-order chi connectivity index (χ0) is 19.4. The molecule has 150 valence electrons. The van der Waals surface area contributed by atoms with E-state index in [0.29, 0.717) is 25.5 Å². The van der Waals surface area contributed by atoms with E-state index in [0.717, 1.165) is 44.4 Å². The highest BCUT2D eigenvalue weighted by Crippen LogP contribution is 2.26. The molecule has 27 heavy (non-hydrogen) atoms. The van der Waals surface area contributed by atoms with E-state index in [-0.39, 0.29) is 23.3 Å². The maximum absolute atomic E-state index is 12.8. The van der Waals surface area contributed by atoms with Gasteiger partial charge in [0.05, 0.1) is 0 Å². The Balaban J connectivity index is 1.53. The molecule has 1 aromatic rings. The highest BCUT2D eigenvalue weighted by Gasteiger charge is 2.28. The summed E-state index contributed by atoms with van der Waals surface area (Å²) in [6.07, 6.45) is 6.40. The highest BCUT2D eigenvalue weighted by atomic mass is 16.5. The van der Waals surface area contributed by atoms with Gasteiger partial charge < -0.3 is 14.3 Å². The predicted octanol–water partition coefficient (Wildman–Crippen LogP) is 3.62. The standard InChI is InChI=1S/C20H32N4O3/c1-20(2,3)16-14-17(22-27-16)21-19(26)24-11-7-10-23(12-13-24)18(25)15-8-5-4-6-9-15/h14-15H,4-13H2,1-3H3,(H,21,22,26). The average Bonchev–Trinajstić information content (AvgIpc) is 2.98. The minimum atomic E-state index is -0.185. The molecule has 0 atom stereocenters. The Kier molecular flexibility index (Phi) is 6.07. The van der Waals surface area contributed by atoms with E-state index in [2.05, 4.69) is 10.5 Å². The van der Waals surface area contributed by atoms with Gasteiger partial charge in [-0.2, -0.15) is 0 Å². The maximum Gasteiger partial charge on any atom is 0.323 e. The second-order valence-corrected chi connectivity index (χ2v) is 8.76. The molecule has 7 heteroatoms. The summed E-state index contributed by atoms with van der Waals surface area (Å²) < 4.78 is 5.32. The van der Waals surface area contributed by atoms with Gasteiger partial charge in [-0.15, -0.1) is 0 Å². The molecule has 1 aliphatic carbocycles. The van der Waals surface area contributed by atoms with Gasteiger partial charge in [-0.25, -0.2) is 4.79 Å². The molecule has 0 unspecified atom stereocenters. The van der Waals surface area contributed by atoms with Crippen molar-refractivity contribution in [2.75, 3.05) is 31.5 Å². The Labute approximate surface area is 161 Å². The van der Waals surface area contributed by atoms with Crippen molar-refractivity contribution in [1.29, 1.82) is 0 Å². The summed E-state index contributed by atoms with van der Waals surface area (Å²) in [7, 11) is 0. The van der Waals surface area contributed by atoms with E-state index < -0.39 is 0 Å². The molecule has 0 aromatic carbocycles.